The molecule has 0 saturated heterocycles. The van der Waals surface area contributed by atoms with Gasteiger partial charge in [-0.25, -0.2) is 4.79 Å². The molecule has 18 heavy (non-hydrogen) atoms. The van der Waals surface area contributed by atoms with Gasteiger partial charge < -0.3 is 15.4 Å². The Morgan fingerprint density at radius 2 is 2.11 bits per heavy atom. The van der Waals surface area contributed by atoms with E-state index in [1.165, 1.54) is 0 Å². The summed E-state index contributed by atoms with van der Waals surface area (Å²) in [6, 6.07) is 7.45. The fraction of sp³-hybridized carbons (Fsp3) is 0.357. The van der Waals surface area contributed by atoms with Crippen LogP contribution < -0.4 is 5.32 Å². The molecule has 0 atom stereocenters. The van der Waals surface area contributed by atoms with Gasteiger partial charge in [0.2, 0.25) is 0 Å². The van der Waals surface area contributed by atoms with Crippen molar-refractivity contribution in [3.05, 3.63) is 29.8 Å². The van der Waals surface area contributed by atoms with Crippen molar-refractivity contribution in [1.29, 1.82) is 0 Å². The van der Waals surface area contributed by atoms with Gasteiger partial charge in [0.25, 0.3) is 0 Å². The van der Waals surface area contributed by atoms with Crippen molar-refractivity contribution in [2.24, 2.45) is 5.92 Å². The van der Waals surface area contributed by atoms with Gasteiger partial charge in [0.1, 0.15) is 11.4 Å². The van der Waals surface area contributed by atoms with Crippen molar-refractivity contribution in [3.8, 4) is 0 Å². The van der Waals surface area contributed by atoms with Crippen molar-refractivity contribution < 1.29 is 9.90 Å². The highest BCUT2D eigenvalue weighted by Gasteiger charge is 2.16. The molecule has 0 radical (unpaired) electrons. The lowest BCUT2D eigenvalue weighted by Gasteiger charge is -2.07. The molecule has 3 N–H and O–H groups in total. The van der Waals surface area contributed by atoms with Crippen molar-refractivity contribution in [3.63, 3.8) is 0 Å². The predicted molar refractivity (Wildman–Crippen MR) is 73.2 cm³/mol. The van der Waals surface area contributed by atoms with Gasteiger partial charge in [0.15, 0.2) is 0 Å². The van der Waals surface area contributed by atoms with Crippen LogP contribution in [0.25, 0.3) is 10.9 Å². The first kappa shape index (κ1) is 12.5. The lowest BCUT2D eigenvalue weighted by atomic mass is 10.1. The second-order valence-corrected chi connectivity index (χ2v) is 4.84. The number of carboxylic acid groups (broad SMARTS) is 1. The van der Waals surface area contributed by atoms with Crippen LogP contribution >= 0.6 is 0 Å². The molecule has 2 rings (SSSR count). The van der Waals surface area contributed by atoms with Crippen molar-refractivity contribution in [1.82, 2.24) is 4.98 Å². The number of hydrogen-bond donors (Lipinski definition) is 3. The molecule has 0 unspecified atom stereocenters. The van der Waals surface area contributed by atoms with Crippen LogP contribution in [0.3, 0.4) is 0 Å². The number of carbonyl (C=O) groups is 1. The molecule has 0 bridgehead atoms. The first-order valence-electron chi connectivity index (χ1n) is 6.17. The van der Waals surface area contributed by atoms with Crippen molar-refractivity contribution >= 4 is 22.7 Å². The Morgan fingerprint density at radius 1 is 1.39 bits per heavy atom. The lowest BCUT2D eigenvalue weighted by molar-refractivity contribution is 0.0700. The second-order valence-electron chi connectivity index (χ2n) is 4.84. The molecule has 2 aromatic rings. The number of rotatable bonds is 5. The van der Waals surface area contributed by atoms with Crippen LogP contribution in [0, 0.1) is 5.92 Å². The maximum absolute atomic E-state index is 11.3. The summed E-state index contributed by atoms with van der Waals surface area (Å²) in [4.78, 5) is 14.5. The standard InChI is InChI=1S/C14H18N2O2/c1-9(2)7-8-15-13-12(14(17)18)10-5-3-4-6-11(10)16-13/h3-6,9,15-16H,7-8H2,1-2H3,(H,17,18). The van der Waals surface area contributed by atoms with Gasteiger partial charge in [-0.1, -0.05) is 32.0 Å². The Kier molecular flexibility index (Phi) is 3.55. The number of fused-ring (bicyclic) bond motifs is 1. The van der Waals surface area contributed by atoms with E-state index in [-0.39, 0.29) is 0 Å². The fourth-order valence-electron chi connectivity index (χ4n) is 1.98. The van der Waals surface area contributed by atoms with Gasteiger partial charge >= 0.3 is 5.97 Å². The third-order valence-electron chi connectivity index (χ3n) is 2.94. The number of nitrogens with one attached hydrogen (secondary N) is 2. The fourth-order valence-corrected chi connectivity index (χ4v) is 1.98. The molecule has 4 nitrogen and oxygen atoms in total. The van der Waals surface area contributed by atoms with E-state index in [9.17, 15) is 9.90 Å². The summed E-state index contributed by atoms with van der Waals surface area (Å²) in [5.41, 5.74) is 1.18. The van der Waals surface area contributed by atoms with E-state index < -0.39 is 5.97 Å². The Balaban J connectivity index is 2.31. The molecule has 0 aliphatic rings. The number of benzene rings is 1. The highest BCUT2D eigenvalue weighted by molar-refractivity contribution is 6.08. The minimum absolute atomic E-state index is 0.328. The molecule has 0 amide bonds. The molecule has 0 fully saturated rings. The lowest BCUT2D eigenvalue weighted by Crippen LogP contribution is -2.08. The molecule has 96 valence electrons. The molecular weight excluding hydrogens is 228 g/mol. The highest BCUT2D eigenvalue weighted by Crippen LogP contribution is 2.26. The molecule has 1 aromatic carbocycles. The molecule has 4 heteroatoms. The van der Waals surface area contributed by atoms with Gasteiger partial charge in [-0.3, -0.25) is 0 Å². The zero-order chi connectivity index (χ0) is 13.1. The monoisotopic (exact) mass is 246 g/mol. The summed E-state index contributed by atoms with van der Waals surface area (Å²) in [5.74, 6) is 0.291. The maximum atomic E-state index is 11.3. The predicted octanol–water partition coefficient (Wildman–Crippen LogP) is 3.32. The van der Waals surface area contributed by atoms with Crippen LogP contribution in [0.4, 0.5) is 5.82 Å². The van der Waals surface area contributed by atoms with Gasteiger partial charge in [-0.05, 0) is 18.4 Å². The molecular formula is C14H18N2O2. The van der Waals surface area contributed by atoms with Gasteiger partial charge in [0, 0.05) is 17.4 Å². The minimum Gasteiger partial charge on any atom is -0.478 e. The molecule has 0 spiro atoms. The van der Waals surface area contributed by atoms with E-state index in [2.05, 4.69) is 24.1 Å². The molecule has 0 aliphatic carbocycles. The molecule has 0 saturated carbocycles. The summed E-state index contributed by atoms with van der Waals surface area (Å²) in [5, 5.41) is 13.2. The van der Waals surface area contributed by atoms with Gasteiger partial charge in [-0.2, -0.15) is 0 Å². The number of H-pyrrole nitrogens is 1. The Labute approximate surface area is 106 Å². The first-order valence-corrected chi connectivity index (χ1v) is 6.17. The van der Waals surface area contributed by atoms with E-state index >= 15 is 0 Å². The van der Waals surface area contributed by atoms with E-state index in [1.807, 2.05) is 24.3 Å². The number of aromatic amines is 1. The zero-order valence-corrected chi connectivity index (χ0v) is 10.7. The van der Waals surface area contributed by atoms with Crippen LogP contribution in [-0.2, 0) is 0 Å². The third-order valence-corrected chi connectivity index (χ3v) is 2.94. The average molecular weight is 246 g/mol. The quantitative estimate of drug-likeness (QED) is 0.758. The third kappa shape index (κ3) is 2.47. The summed E-state index contributed by atoms with van der Waals surface area (Å²) < 4.78 is 0. The van der Waals surface area contributed by atoms with Crippen molar-refractivity contribution in [2.45, 2.75) is 20.3 Å². The molecule has 1 aromatic heterocycles. The average Bonchev–Trinajstić information content (AvgIpc) is 2.66. The highest BCUT2D eigenvalue weighted by atomic mass is 16.4. The smallest absolute Gasteiger partial charge is 0.340 e. The maximum Gasteiger partial charge on any atom is 0.340 e. The largest absolute Gasteiger partial charge is 0.478 e. The summed E-state index contributed by atoms with van der Waals surface area (Å²) in [7, 11) is 0. The van der Waals surface area contributed by atoms with Crippen LogP contribution in [0.15, 0.2) is 24.3 Å². The van der Waals surface area contributed by atoms with Gasteiger partial charge in [-0.15, -0.1) is 0 Å². The zero-order valence-electron chi connectivity index (χ0n) is 10.7. The van der Waals surface area contributed by atoms with E-state index in [1.54, 1.807) is 0 Å². The van der Waals surface area contributed by atoms with Gasteiger partial charge in [0.05, 0.1) is 0 Å². The minimum atomic E-state index is -0.903. The van der Waals surface area contributed by atoms with E-state index in [4.69, 9.17) is 0 Å². The number of hydrogen-bond acceptors (Lipinski definition) is 2. The Hall–Kier alpha value is -1.97. The van der Waals surface area contributed by atoms with Crippen LogP contribution in [0.5, 0.6) is 0 Å². The number of carboxylic acids is 1. The molecule has 0 aliphatic heterocycles. The second kappa shape index (κ2) is 5.12. The van der Waals surface area contributed by atoms with Crippen LogP contribution in [0.2, 0.25) is 0 Å². The number of aromatic nitrogens is 1. The summed E-state index contributed by atoms with van der Waals surface area (Å²) in [6.07, 6.45) is 1.01. The summed E-state index contributed by atoms with van der Waals surface area (Å²) >= 11 is 0. The SMILES string of the molecule is CC(C)CCNc1[nH]c2ccccc2c1C(=O)O. The molecule has 1 heterocycles. The normalized spacial score (nSPS) is 11.1. The van der Waals surface area contributed by atoms with Crippen LogP contribution in [-0.4, -0.2) is 22.6 Å². The van der Waals surface area contributed by atoms with Crippen LogP contribution in [0.1, 0.15) is 30.6 Å². The number of para-hydroxylation sites is 1. The Morgan fingerprint density at radius 3 is 2.78 bits per heavy atom. The number of aromatic carboxylic acids is 1. The van der Waals surface area contributed by atoms with E-state index in [0.29, 0.717) is 17.3 Å². The topological polar surface area (TPSA) is 65.1 Å². The van der Waals surface area contributed by atoms with Crippen molar-refractivity contribution in [2.75, 3.05) is 11.9 Å². The number of anilines is 1. The first-order chi connectivity index (χ1) is 8.59. The summed E-state index contributed by atoms with van der Waals surface area (Å²) in [6.45, 7) is 5.06. The Bertz CT molecular complexity index is 558. The van der Waals surface area contributed by atoms with E-state index in [0.717, 1.165) is 23.9 Å².